The Labute approximate surface area is 64.9 Å². The summed E-state index contributed by atoms with van der Waals surface area (Å²) in [5, 5.41) is 8.61. The third kappa shape index (κ3) is 2.35. The van der Waals surface area contributed by atoms with Crippen LogP contribution in [0.1, 0.15) is 19.3 Å². The molecular formula is C8H15OSi. The van der Waals surface area contributed by atoms with Gasteiger partial charge in [-0.3, -0.25) is 0 Å². The van der Waals surface area contributed by atoms with Crippen LogP contribution < -0.4 is 0 Å². The van der Waals surface area contributed by atoms with Crippen LogP contribution in [0.15, 0.2) is 0 Å². The Balaban J connectivity index is 1.96. The fourth-order valence-corrected chi connectivity index (χ4v) is 2.05. The molecule has 0 aromatic rings. The molecule has 0 bridgehead atoms. The van der Waals surface area contributed by atoms with E-state index in [1.165, 1.54) is 18.9 Å². The molecule has 2 unspecified atom stereocenters. The normalized spacial score (nSPS) is 30.1. The Hall–Kier alpha value is 0.0469. The summed E-state index contributed by atoms with van der Waals surface area (Å²) in [7, 11) is 0.870. The minimum absolute atomic E-state index is 0.383. The molecule has 1 N–H and O–H groups in total. The molecule has 1 fully saturated rings. The van der Waals surface area contributed by atoms with Crippen LogP contribution in [0, 0.1) is 11.8 Å². The van der Waals surface area contributed by atoms with Gasteiger partial charge >= 0.3 is 0 Å². The monoisotopic (exact) mass is 155 g/mol. The summed E-state index contributed by atoms with van der Waals surface area (Å²) in [6.07, 6.45) is 7.59. The van der Waals surface area contributed by atoms with Crippen LogP contribution in [0.2, 0.25) is 6.04 Å². The molecule has 57 valence electrons. The molecule has 0 aromatic heterocycles. The second-order valence-corrected chi connectivity index (χ2v) is 4.06. The van der Waals surface area contributed by atoms with Crippen LogP contribution >= 0.6 is 0 Å². The van der Waals surface area contributed by atoms with Gasteiger partial charge in [-0.1, -0.05) is 0 Å². The van der Waals surface area contributed by atoms with Gasteiger partial charge in [-0.15, -0.1) is 6.17 Å². The summed E-state index contributed by atoms with van der Waals surface area (Å²) < 4.78 is 0. The molecule has 1 aliphatic rings. The van der Waals surface area contributed by atoms with E-state index in [1.54, 1.807) is 0 Å². The summed E-state index contributed by atoms with van der Waals surface area (Å²) in [5.74, 6) is 1.81. The van der Waals surface area contributed by atoms with Gasteiger partial charge in [0.1, 0.15) is 0 Å². The minimum atomic E-state index is 0.383. The van der Waals surface area contributed by atoms with E-state index in [-0.39, 0.29) is 0 Å². The Bertz CT molecular complexity index is 114. The first kappa shape index (κ1) is 8.15. The molecule has 0 aliphatic heterocycles. The highest BCUT2D eigenvalue weighted by Crippen LogP contribution is 2.43. The van der Waals surface area contributed by atoms with Crippen LogP contribution in [0.25, 0.3) is 0 Å². The third-order valence-electron chi connectivity index (χ3n) is 2.26. The molecule has 1 radical (unpaired) electrons. The highest BCUT2D eigenvalue weighted by molar-refractivity contribution is 6.40. The lowest BCUT2D eigenvalue weighted by Crippen LogP contribution is -1.88. The van der Waals surface area contributed by atoms with Crippen molar-refractivity contribution < 1.29 is 5.11 Å². The van der Waals surface area contributed by atoms with Crippen molar-refractivity contribution in [3.05, 3.63) is 0 Å². The predicted octanol–water partition coefficient (Wildman–Crippen LogP) is 0.949. The second-order valence-electron chi connectivity index (χ2n) is 3.06. The Morgan fingerprint density at radius 2 is 2.10 bits per heavy atom. The van der Waals surface area contributed by atoms with E-state index in [9.17, 15) is 0 Å². The fourth-order valence-electron chi connectivity index (χ4n) is 1.47. The zero-order chi connectivity index (χ0) is 7.40. The highest BCUT2D eigenvalue weighted by Gasteiger charge is 2.34. The zero-order valence-corrected chi connectivity index (χ0v) is 7.34. The smallest absolute Gasteiger partial charge is 0.0433 e. The minimum Gasteiger partial charge on any atom is -0.396 e. The lowest BCUT2D eigenvalue weighted by atomic mass is 10.2. The largest absolute Gasteiger partial charge is 0.396 e. The third-order valence-corrected chi connectivity index (χ3v) is 2.90. The molecule has 1 rings (SSSR count). The van der Waals surface area contributed by atoms with Gasteiger partial charge in [-0.25, -0.2) is 0 Å². The van der Waals surface area contributed by atoms with Gasteiger partial charge in [0.15, 0.2) is 0 Å². The van der Waals surface area contributed by atoms with Crippen molar-refractivity contribution in [3.63, 3.8) is 0 Å². The average molecular weight is 155 g/mol. The maximum Gasteiger partial charge on any atom is 0.0433 e. The standard InChI is InChI=1S/C8H15OSi/c1-10-5-3-8-6-7(8)2-4-9/h7-9H,1-6H2. The number of rotatable bonds is 5. The quantitative estimate of drug-likeness (QED) is 0.586. The number of hydrogen-bond acceptors (Lipinski definition) is 1. The van der Waals surface area contributed by atoms with Gasteiger partial charge in [-0.2, -0.15) is 0 Å². The molecule has 1 aliphatic carbocycles. The summed E-state index contributed by atoms with van der Waals surface area (Å²) in [4.78, 5) is 0. The first-order valence-corrected chi connectivity index (χ1v) is 5.40. The van der Waals surface area contributed by atoms with E-state index in [0.717, 1.165) is 27.4 Å². The van der Waals surface area contributed by atoms with Crippen LogP contribution in [0.4, 0.5) is 0 Å². The molecule has 0 spiro atoms. The van der Waals surface area contributed by atoms with E-state index in [1.807, 2.05) is 0 Å². The molecule has 1 saturated carbocycles. The Morgan fingerprint density at radius 1 is 1.40 bits per heavy atom. The van der Waals surface area contributed by atoms with Crippen molar-refractivity contribution in [2.75, 3.05) is 6.61 Å². The van der Waals surface area contributed by atoms with E-state index in [2.05, 4.69) is 6.17 Å². The van der Waals surface area contributed by atoms with Crippen molar-refractivity contribution in [2.24, 2.45) is 11.8 Å². The molecule has 2 atom stereocenters. The summed E-state index contributed by atoms with van der Waals surface area (Å²) in [6.45, 7) is 0.383. The predicted molar refractivity (Wildman–Crippen MR) is 45.6 cm³/mol. The zero-order valence-electron chi connectivity index (χ0n) is 6.34. The van der Waals surface area contributed by atoms with Gasteiger partial charge in [0.25, 0.3) is 0 Å². The molecule has 0 aromatic carbocycles. The Kier molecular flexibility index (Phi) is 3.29. The lowest BCUT2D eigenvalue weighted by molar-refractivity contribution is 0.276. The maximum atomic E-state index is 8.61. The van der Waals surface area contributed by atoms with Gasteiger partial charge in [0, 0.05) is 15.7 Å². The summed E-state index contributed by atoms with van der Waals surface area (Å²) >= 11 is 0. The van der Waals surface area contributed by atoms with E-state index in [0.29, 0.717) is 6.61 Å². The van der Waals surface area contributed by atoms with Gasteiger partial charge in [0.2, 0.25) is 0 Å². The molecular weight excluding hydrogens is 140 g/mol. The summed E-state index contributed by atoms with van der Waals surface area (Å²) in [5.41, 5.74) is 0. The van der Waals surface area contributed by atoms with E-state index < -0.39 is 0 Å². The fraction of sp³-hybridized carbons (Fsp3) is 0.875. The lowest BCUT2D eigenvalue weighted by Gasteiger charge is -1.93. The van der Waals surface area contributed by atoms with Crippen molar-refractivity contribution in [1.82, 2.24) is 0 Å². The molecule has 1 nitrogen and oxygen atoms in total. The topological polar surface area (TPSA) is 20.2 Å². The second kappa shape index (κ2) is 4.04. The molecule has 10 heavy (non-hydrogen) atoms. The summed E-state index contributed by atoms with van der Waals surface area (Å²) in [6, 6.07) is 1.30. The SMILES string of the molecule is C=[Si]CCC1CC1CCO. The van der Waals surface area contributed by atoms with Crippen LogP contribution in [0.3, 0.4) is 0 Å². The first-order valence-electron chi connectivity index (χ1n) is 3.99. The number of aliphatic hydroxyl groups excluding tert-OH is 1. The van der Waals surface area contributed by atoms with Gasteiger partial charge in [-0.05, 0) is 37.1 Å². The van der Waals surface area contributed by atoms with E-state index in [4.69, 9.17) is 5.11 Å². The van der Waals surface area contributed by atoms with E-state index >= 15 is 0 Å². The van der Waals surface area contributed by atoms with Crippen LogP contribution in [-0.2, 0) is 0 Å². The highest BCUT2D eigenvalue weighted by atomic mass is 28.2. The number of aliphatic hydroxyl groups is 1. The molecule has 0 saturated heterocycles. The average Bonchev–Trinajstić information content (AvgIpc) is 2.65. The molecule has 2 heteroatoms. The van der Waals surface area contributed by atoms with Gasteiger partial charge < -0.3 is 5.11 Å². The maximum absolute atomic E-state index is 8.61. The molecule has 0 heterocycles. The number of hydrogen-bond donors (Lipinski definition) is 1. The van der Waals surface area contributed by atoms with Crippen molar-refractivity contribution in [3.8, 4) is 0 Å². The van der Waals surface area contributed by atoms with Crippen molar-refractivity contribution in [2.45, 2.75) is 25.3 Å². The molecule has 0 amide bonds. The van der Waals surface area contributed by atoms with Gasteiger partial charge in [0.05, 0.1) is 0 Å². The van der Waals surface area contributed by atoms with Crippen molar-refractivity contribution >= 4 is 15.3 Å². The van der Waals surface area contributed by atoms with Crippen LogP contribution in [-0.4, -0.2) is 27.0 Å². The van der Waals surface area contributed by atoms with Crippen LogP contribution in [0.5, 0.6) is 0 Å². The Morgan fingerprint density at radius 3 is 2.70 bits per heavy atom. The van der Waals surface area contributed by atoms with Crippen molar-refractivity contribution in [1.29, 1.82) is 0 Å². The first-order chi connectivity index (χ1) is 4.88.